The number of benzene rings is 2. The maximum absolute atomic E-state index is 12.1. The molecule has 27 heavy (non-hydrogen) atoms. The van der Waals surface area contributed by atoms with Crippen molar-refractivity contribution in [2.24, 2.45) is 0 Å². The highest BCUT2D eigenvalue weighted by molar-refractivity contribution is 9.10. The van der Waals surface area contributed by atoms with Crippen LogP contribution >= 0.6 is 27.5 Å². The van der Waals surface area contributed by atoms with Gasteiger partial charge < -0.3 is 15.5 Å². The number of halogens is 2. The predicted molar refractivity (Wildman–Crippen MR) is 109 cm³/mol. The maximum Gasteiger partial charge on any atom is 0.276 e. The van der Waals surface area contributed by atoms with Gasteiger partial charge in [-0.3, -0.25) is 15.0 Å². The van der Waals surface area contributed by atoms with Crippen molar-refractivity contribution in [3.63, 3.8) is 0 Å². The average molecular weight is 453 g/mol. The second-order valence-electron chi connectivity index (χ2n) is 5.64. The summed E-state index contributed by atoms with van der Waals surface area (Å²) < 4.78 is 6.28. The predicted octanol–water partition coefficient (Wildman–Crippen LogP) is 3.95. The van der Waals surface area contributed by atoms with E-state index in [1.54, 1.807) is 37.3 Å². The Morgan fingerprint density at radius 3 is 2.56 bits per heavy atom. The van der Waals surface area contributed by atoms with Crippen molar-refractivity contribution in [3.05, 3.63) is 69.3 Å². The summed E-state index contributed by atoms with van der Waals surface area (Å²) in [6.45, 7) is 3.31. The molecule has 0 saturated heterocycles. The molecule has 8 heteroatoms. The van der Waals surface area contributed by atoms with E-state index in [1.165, 1.54) is 6.08 Å². The first kappa shape index (κ1) is 20.8. The molecule has 0 aliphatic heterocycles. The molecule has 0 heterocycles. The van der Waals surface area contributed by atoms with Gasteiger partial charge in [-0.15, -0.1) is 0 Å². The molecule has 0 aliphatic rings. The van der Waals surface area contributed by atoms with Gasteiger partial charge in [0.05, 0.1) is 0 Å². The van der Waals surface area contributed by atoms with Gasteiger partial charge in [-0.1, -0.05) is 33.6 Å². The number of hydrogen-bond donors (Lipinski definition) is 3. The Hall–Kier alpha value is -2.51. The highest BCUT2D eigenvalue weighted by Crippen LogP contribution is 2.22. The first-order valence-corrected chi connectivity index (χ1v) is 9.20. The molecule has 0 aromatic heterocycles. The fourth-order valence-electron chi connectivity index (χ4n) is 2.03. The van der Waals surface area contributed by atoms with Crippen LogP contribution in [0.15, 0.2) is 58.7 Å². The van der Waals surface area contributed by atoms with Crippen LogP contribution in [-0.4, -0.2) is 18.4 Å². The van der Waals surface area contributed by atoms with E-state index in [-0.39, 0.29) is 18.4 Å². The molecule has 0 spiro atoms. The molecule has 2 aromatic rings. The van der Waals surface area contributed by atoms with E-state index < -0.39 is 0 Å². The van der Waals surface area contributed by atoms with Crippen LogP contribution in [0.2, 0.25) is 5.02 Å². The first-order chi connectivity index (χ1) is 12.8. The van der Waals surface area contributed by atoms with Crippen LogP contribution in [0.25, 0.3) is 0 Å². The average Bonchev–Trinajstić information content (AvgIpc) is 2.63. The number of hydrogen-bond acceptors (Lipinski definition) is 4. The van der Waals surface area contributed by atoms with Gasteiger partial charge >= 0.3 is 0 Å². The van der Waals surface area contributed by atoms with Gasteiger partial charge in [-0.2, -0.15) is 0 Å². The highest BCUT2D eigenvalue weighted by atomic mass is 79.9. The van der Waals surface area contributed by atoms with Crippen molar-refractivity contribution in [1.82, 2.24) is 10.9 Å². The summed E-state index contributed by atoms with van der Waals surface area (Å²) in [4.78, 5) is 23.9. The minimum Gasteiger partial charge on any atom is -0.484 e. The van der Waals surface area contributed by atoms with Gasteiger partial charge in [0.2, 0.25) is 5.91 Å². The third-order valence-corrected chi connectivity index (χ3v) is 4.39. The number of carbonyl (C=O) groups is 2. The molecule has 2 rings (SSSR count). The Balaban J connectivity index is 1.78. The zero-order valence-electron chi connectivity index (χ0n) is 14.8. The van der Waals surface area contributed by atoms with Crippen LogP contribution in [-0.2, 0) is 9.59 Å². The number of amides is 2. The summed E-state index contributed by atoms with van der Waals surface area (Å²) in [6, 6.07) is 12.4. The van der Waals surface area contributed by atoms with Gasteiger partial charge in [0.1, 0.15) is 5.75 Å². The lowest BCUT2D eigenvalue weighted by Crippen LogP contribution is -2.39. The molecule has 0 saturated carbocycles. The summed E-state index contributed by atoms with van der Waals surface area (Å²) in [5, 5.41) is 3.31. The van der Waals surface area contributed by atoms with Crippen LogP contribution in [0.4, 0.5) is 5.69 Å². The van der Waals surface area contributed by atoms with E-state index in [1.807, 2.05) is 19.1 Å². The van der Waals surface area contributed by atoms with Crippen LogP contribution in [0.1, 0.15) is 12.5 Å². The summed E-state index contributed by atoms with van der Waals surface area (Å²) in [6.07, 6.45) is 1.33. The number of allylic oxidation sites excluding steroid dienone is 1. The van der Waals surface area contributed by atoms with E-state index in [0.29, 0.717) is 22.2 Å². The quantitative estimate of drug-likeness (QED) is 0.439. The zero-order chi connectivity index (χ0) is 19.8. The van der Waals surface area contributed by atoms with Crippen LogP contribution in [0.5, 0.6) is 5.75 Å². The van der Waals surface area contributed by atoms with Gasteiger partial charge in [0, 0.05) is 27.0 Å². The number of rotatable bonds is 7. The molecule has 0 radical (unpaired) electrons. The van der Waals surface area contributed by atoms with Gasteiger partial charge in [-0.05, 0) is 55.8 Å². The molecule has 0 bridgehead atoms. The smallest absolute Gasteiger partial charge is 0.276 e. The van der Waals surface area contributed by atoms with Crippen LogP contribution in [0, 0.1) is 6.92 Å². The van der Waals surface area contributed by atoms with Crippen molar-refractivity contribution in [2.45, 2.75) is 13.8 Å². The SMILES string of the molecule is CC(=CC(=O)Nc1cccc(Cl)c1C)NNC(=O)COc1ccc(Br)cc1. The largest absolute Gasteiger partial charge is 0.484 e. The Morgan fingerprint density at radius 1 is 1.15 bits per heavy atom. The normalized spacial score (nSPS) is 10.9. The minimum atomic E-state index is -0.378. The number of ether oxygens (including phenoxy) is 1. The molecule has 6 nitrogen and oxygen atoms in total. The van der Waals surface area contributed by atoms with E-state index in [0.717, 1.165) is 10.0 Å². The van der Waals surface area contributed by atoms with Gasteiger partial charge in [-0.25, -0.2) is 0 Å². The van der Waals surface area contributed by atoms with Crippen molar-refractivity contribution < 1.29 is 14.3 Å². The lowest BCUT2D eigenvalue weighted by atomic mass is 10.2. The molecular weight excluding hydrogens is 434 g/mol. The third kappa shape index (κ3) is 6.96. The maximum atomic E-state index is 12.1. The summed E-state index contributed by atoms with van der Waals surface area (Å²) in [7, 11) is 0. The molecule has 2 amide bonds. The molecular formula is C19H19BrClN3O3. The lowest BCUT2D eigenvalue weighted by Gasteiger charge is -2.11. The Bertz CT molecular complexity index is 854. The number of nitrogens with one attached hydrogen (secondary N) is 3. The Kier molecular flexibility index (Phi) is 7.69. The molecule has 0 fully saturated rings. The van der Waals surface area contributed by atoms with Crippen molar-refractivity contribution in [1.29, 1.82) is 0 Å². The van der Waals surface area contributed by atoms with Gasteiger partial charge in [0.25, 0.3) is 5.91 Å². The van der Waals surface area contributed by atoms with Crippen molar-refractivity contribution in [3.8, 4) is 5.75 Å². The topological polar surface area (TPSA) is 79.5 Å². The summed E-state index contributed by atoms with van der Waals surface area (Å²) >= 11 is 9.35. The molecule has 2 aromatic carbocycles. The van der Waals surface area contributed by atoms with E-state index in [4.69, 9.17) is 16.3 Å². The fourth-order valence-corrected chi connectivity index (χ4v) is 2.47. The van der Waals surface area contributed by atoms with Crippen molar-refractivity contribution >= 4 is 45.0 Å². The minimum absolute atomic E-state index is 0.157. The third-order valence-electron chi connectivity index (χ3n) is 3.46. The van der Waals surface area contributed by atoms with Crippen molar-refractivity contribution in [2.75, 3.05) is 11.9 Å². The highest BCUT2D eigenvalue weighted by Gasteiger charge is 2.06. The standard InChI is InChI=1S/C19H19BrClN3O3/c1-12(10-18(25)22-17-5-3-4-16(21)13(17)2)23-24-19(26)11-27-15-8-6-14(20)7-9-15/h3-10,23H,11H2,1-2H3,(H,22,25)(H,24,26). The molecule has 0 atom stereocenters. The Morgan fingerprint density at radius 2 is 1.85 bits per heavy atom. The zero-order valence-corrected chi connectivity index (χ0v) is 17.1. The number of anilines is 1. The molecule has 0 unspecified atom stereocenters. The molecule has 0 aliphatic carbocycles. The second kappa shape index (κ2) is 9.99. The van der Waals surface area contributed by atoms with E-state index in [9.17, 15) is 9.59 Å². The van der Waals surface area contributed by atoms with E-state index >= 15 is 0 Å². The van der Waals surface area contributed by atoms with Crippen LogP contribution < -0.4 is 20.9 Å². The molecule has 142 valence electrons. The van der Waals surface area contributed by atoms with Gasteiger partial charge in [0.15, 0.2) is 6.61 Å². The summed E-state index contributed by atoms with van der Waals surface area (Å²) in [5.41, 5.74) is 6.99. The summed E-state index contributed by atoms with van der Waals surface area (Å²) in [5.74, 6) is -0.139. The Labute approximate surface area is 171 Å². The number of hydrazine groups is 1. The monoisotopic (exact) mass is 451 g/mol. The molecule has 3 N–H and O–H groups in total. The number of carbonyl (C=O) groups excluding carboxylic acids is 2. The van der Waals surface area contributed by atoms with E-state index in [2.05, 4.69) is 32.1 Å². The van der Waals surface area contributed by atoms with Crippen LogP contribution in [0.3, 0.4) is 0 Å². The second-order valence-corrected chi connectivity index (χ2v) is 6.97. The fraction of sp³-hybridized carbons (Fsp3) is 0.158. The first-order valence-electron chi connectivity index (χ1n) is 8.03. The lowest BCUT2D eigenvalue weighted by molar-refractivity contribution is -0.124.